The molecule has 2 heterocycles. The van der Waals surface area contributed by atoms with E-state index in [-0.39, 0.29) is 5.28 Å². The standard InChI is InChI=1S/C8H9BrClN3S/c9-6-3-11-8(10)13-7(6)12-5-1-2-14-4-5/h3,5H,1-2,4H2,(H,11,12,13). The topological polar surface area (TPSA) is 37.8 Å². The zero-order valence-corrected chi connectivity index (χ0v) is 10.5. The lowest BCUT2D eigenvalue weighted by molar-refractivity contribution is 0.804. The number of nitrogens with one attached hydrogen (secondary N) is 1. The predicted molar refractivity (Wildman–Crippen MR) is 64.1 cm³/mol. The number of nitrogens with zero attached hydrogens (tertiary/aromatic N) is 2. The van der Waals surface area contributed by atoms with Gasteiger partial charge in [0.05, 0.1) is 4.47 Å². The number of thioether (sulfide) groups is 1. The average molecular weight is 295 g/mol. The average Bonchev–Trinajstić information content (AvgIpc) is 2.64. The van der Waals surface area contributed by atoms with Crippen LogP contribution in [0.5, 0.6) is 0 Å². The quantitative estimate of drug-likeness (QED) is 0.851. The number of halogens is 2. The summed E-state index contributed by atoms with van der Waals surface area (Å²) in [5.74, 6) is 3.14. The molecule has 1 unspecified atom stereocenters. The Balaban J connectivity index is 2.10. The van der Waals surface area contributed by atoms with Gasteiger partial charge in [0.25, 0.3) is 0 Å². The molecule has 0 aliphatic carbocycles. The molecule has 76 valence electrons. The highest BCUT2D eigenvalue weighted by Gasteiger charge is 2.16. The Bertz CT molecular complexity index is 330. The van der Waals surface area contributed by atoms with Gasteiger partial charge in [-0.2, -0.15) is 16.7 Å². The molecule has 6 heteroatoms. The predicted octanol–water partition coefficient (Wildman–Crippen LogP) is 2.81. The Kier molecular flexibility index (Phi) is 3.52. The first kappa shape index (κ1) is 10.5. The fourth-order valence-electron chi connectivity index (χ4n) is 1.29. The van der Waals surface area contributed by atoms with Crippen molar-refractivity contribution in [3.63, 3.8) is 0 Å². The van der Waals surface area contributed by atoms with Gasteiger partial charge in [-0.1, -0.05) is 0 Å². The van der Waals surface area contributed by atoms with Gasteiger partial charge in [-0.15, -0.1) is 0 Å². The Morgan fingerprint density at radius 2 is 2.50 bits per heavy atom. The first-order chi connectivity index (χ1) is 6.75. The van der Waals surface area contributed by atoms with E-state index in [1.807, 2.05) is 11.8 Å². The molecule has 2 rings (SSSR count). The summed E-state index contributed by atoms with van der Waals surface area (Å²) in [6.07, 6.45) is 2.85. The van der Waals surface area contributed by atoms with Crippen molar-refractivity contribution < 1.29 is 0 Å². The molecule has 0 aromatic carbocycles. The number of rotatable bonds is 2. The van der Waals surface area contributed by atoms with Crippen LogP contribution in [-0.4, -0.2) is 27.5 Å². The Labute approximate surface area is 100 Å². The fourth-order valence-corrected chi connectivity index (χ4v) is 2.88. The van der Waals surface area contributed by atoms with Crippen molar-refractivity contribution in [2.75, 3.05) is 16.8 Å². The van der Waals surface area contributed by atoms with Gasteiger partial charge in [-0.05, 0) is 39.7 Å². The third-order valence-corrected chi connectivity index (χ3v) is 3.91. The van der Waals surface area contributed by atoms with E-state index in [0.717, 1.165) is 16.0 Å². The van der Waals surface area contributed by atoms with Crippen LogP contribution in [0.25, 0.3) is 0 Å². The van der Waals surface area contributed by atoms with Gasteiger partial charge in [0.2, 0.25) is 5.28 Å². The molecule has 1 aliphatic heterocycles. The molecule has 1 N–H and O–H groups in total. The summed E-state index contributed by atoms with van der Waals surface area (Å²) in [4.78, 5) is 8.00. The molecule has 1 saturated heterocycles. The summed E-state index contributed by atoms with van der Waals surface area (Å²) in [6.45, 7) is 0. The molecule has 0 bridgehead atoms. The normalized spacial score (nSPS) is 21.1. The maximum atomic E-state index is 5.71. The molecule has 0 amide bonds. The highest BCUT2D eigenvalue weighted by molar-refractivity contribution is 9.10. The SMILES string of the molecule is Clc1ncc(Br)c(NC2CCSC2)n1. The smallest absolute Gasteiger partial charge is 0.224 e. The molecule has 1 fully saturated rings. The lowest BCUT2D eigenvalue weighted by Gasteiger charge is -2.12. The van der Waals surface area contributed by atoms with Crippen LogP contribution < -0.4 is 5.32 Å². The van der Waals surface area contributed by atoms with Crippen LogP contribution in [0.4, 0.5) is 5.82 Å². The van der Waals surface area contributed by atoms with Crippen LogP contribution in [0.2, 0.25) is 5.28 Å². The minimum absolute atomic E-state index is 0.279. The third-order valence-electron chi connectivity index (χ3n) is 1.99. The van der Waals surface area contributed by atoms with E-state index in [2.05, 4.69) is 31.2 Å². The molecular weight excluding hydrogens is 286 g/mol. The van der Waals surface area contributed by atoms with Gasteiger partial charge in [0, 0.05) is 18.0 Å². The van der Waals surface area contributed by atoms with Gasteiger partial charge in [-0.25, -0.2) is 4.98 Å². The summed E-state index contributed by atoms with van der Waals surface area (Å²) in [7, 11) is 0. The summed E-state index contributed by atoms with van der Waals surface area (Å²) in [5, 5.41) is 3.63. The van der Waals surface area contributed by atoms with Crippen molar-refractivity contribution in [1.29, 1.82) is 0 Å². The second-order valence-electron chi connectivity index (χ2n) is 3.04. The van der Waals surface area contributed by atoms with Crippen molar-refractivity contribution >= 4 is 45.1 Å². The van der Waals surface area contributed by atoms with Gasteiger partial charge >= 0.3 is 0 Å². The molecule has 1 aromatic rings. The third kappa shape index (κ3) is 2.52. The van der Waals surface area contributed by atoms with Crippen LogP contribution in [0, 0.1) is 0 Å². The van der Waals surface area contributed by atoms with Crippen molar-refractivity contribution in [1.82, 2.24) is 9.97 Å². The minimum atomic E-state index is 0.279. The summed E-state index contributed by atoms with van der Waals surface area (Å²) in [5.41, 5.74) is 0. The van der Waals surface area contributed by atoms with E-state index in [1.165, 1.54) is 12.2 Å². The van der Waals surface area contributed by atoms with E-state index in [0.29, 0.717) is 6.04 Å². The van der Waals surface area contributed by atoms with Gasteiger partial charge in [0.15, 0.2) is 0 Å². The highest BCUT2D eigenvalue weighted by Crippen LogP contribution is 2.25. The number of anilines is 1. The molecule has 0 saturated carbocycles. The molecule has 0 spiro atoms. The summed E-state index contributed by atoms with van der Waals surface area (Å²) >= 11 is 11.1. The molecular formula is C8H9BrClN3S. The van der Waals surface area contributed by atoms with Gasteiger partial charge in [-0.3, -0.25) is 0 Å². The monoisotopic (exact) mass is 293 g/mol. The number of hydrogen-bond acceptors (Lipinski definition) is 4. The molecule has 14 heavy (non-hydrogen) atoms. The Morgan fingerprint density at radius 3 is 3.21 bits per heavy atom. The van der Waals surface area contributed by atoms with E-state index in [9.17, 15) is 0 Å². The minimum Gasteiger partial charge on any atom is -0.365 e. The van der Waals surface area contributed by atoms with Crippen LogP contribution >= 0.6 is 39.3 Å². The molecule has 0 radical (unpaired) electrons. The van der Waals surface area contributed by atoms with Crippen molar-refractivity contribution in [3.8, 4) is 0 Å². The van der Waals surface area contributed by atoms with E-state index >= 15 is 0 Å². The zero-order valence-electron chi connectivity index (χ0n) is 7.33. The largest absolute Gasteiger partial charge is 0.365 e. The van der Waals surface area contributed by atoms with E-state index in [4.69, 9.17) is 11.6 Å². The Hall–Kier alpha value is -0.000000000000000111. The lowest BCUT2D eigenvalue weighted by Crippen LogP contribution is -2.19. The molecule has 3 nitrogen and oxygen atoms in total. The van der Waals surface area contributed by atoms with Crippen molar-refractivity contribution in [3.05, 3.63) is 16.0 Å². The molecule has 1 atom stereocenters. The van der Waals surface area contributed by atoms with Crippen LogP contribution in [-0.2, 0) is 0 Å². The Morgan fingerprint density at radius 1 is 1.64 bits per heavy atom. The second kappa shape index (κ2) is 4.68. The van der Waals surface area contributed by atoms with Crippen LogP contribution in [0.3, 0.4) is 0 Å². The second-order valence-corrected chi connectivity index (χ2v) is 5.38. The zero-order chi connectivity index (χ0) is 9.97. The maximum Gasteiger partial charge on any atom is 0.224 e. The first-order valence-electron chi connectivity index (χ1n) is 4.28. The van der Waals surface area contributed by atoms with Gasteiger partial charge < -0.3 is 5.32 Å². The number of hydrogen-bond donors (Lipinski definition) is 1. The van der Waals surface area contributed by atoms with Crippen molar-refractivity contribution in [2.24, 2.45) is 0 Å². The molecule has 1 aliphatic rings. The van der Waals surface area contributed by atoms with E-state index < -0.39 is 0 Å². The van der Waals surface area contributed by atoms with Gasteiger partial charge in [0.1, 0.15) is 5.82 Å². The van der Waals surface area contributed by atoms with E-state index in [1.54, 1.807) is 6.20 Å². The first-order valence-corrected chi connectivity index (χ1v) is 6.60. The lowest BCUT2D eigenvalue weighted by atomic mass is 10.2. The maximum absolute atomic E-state index is 5.71. The van der Waals surface area contributed by atoms with Crippen LogP contribution in [0.1, 0.15) is 6.42 Å². The summed E-state index contributed by atoms with van der Waals surface area (Å²) < 4.78 is 0.860. The fraction of sp³-hybridized carbons (Fsp3) is 0.500. The summed E-state index contributed by atoms with van der Waals surface area (Å²) in [6, 6.07) is 0.502. The van der Waals surface area contributed by atoms with Crippen LogP contribution in [0.15, 0.2) is 10.7 Å². The number of aromatic nitrogens is 2. The molecule has 1 aromatic heterocycles. The highest BCUT2D eigenvalue weighted by atomic mass is 79.9. The van der Waals surface area contributed by atoms with Crippen molar-refractivity contribution in [2.45, 2.75) is 12.5 Å².